The molecular formula is C27H23F3N4O4. The van der Waals surface area contributed by atoms with E-state index in [4.69, 9.17) is 21.3 Å². The van der Waals surface area contributed by atoms with E-state index in [-0.39, 0.29) is 23.6 Å². The van der Waals surface area contributed by atoms with Gasteiger partial charge < -0.3 is 26.4 Å². The molecule has 0 saturated carbocycles. The topological polar surface area (TPSA) is 145 Å². The molecule has 0 spiro atoms. The summed E-state index contributed by atoms with van der Waals surface area (Å²) in [5.41, 5.74) is 12.8. The van der Waals surface area contributed by atoms with Crippen molar-refractivity contribution in [3.8, 4) is 34.0 Å². The molecule has 0 amide bonds. The molecule has 6 N–H and O–H groups in total. The predicted molar refractivity (Wildman–Crippen MR) is 134 cm³/mol. The molecule has 0 aliphatic heterocycles. The number of hydrogen-bond donors (Lipinski definition) is 4. The largest absolute Gasteiger partial charge is 0.507 e. The van der Waals surface area contributed by atoms with Gasteiger partial charge in [0, 0.05) is 11.6 Å². The number of benzene rings is 3. The third kappa shape index (κ3) is 6.01. The van der Waals surface area contributed by atoms with E-state index in [1.807, 2.05) is 0 Å². The van der Waals surface area contributed by atoms with Crippen LogP contribution in [0.4, 0.5) is 19.1 Å². The van der Waals surface area contributed by atoms with E-state index in [0.29, 0.717) is 16.7 Å². The molecule has 1 aromatic heterocycles. The number of nitrogen functional groups attached to an aromatic ring is 1. The molecule has 1 heterocycles. The first-order valence-corrected chi connectivity index (χ1v) is 11.4. The zero-order chi connectivity index (χ0) is 27.4. The summed E-state index contributed by atoms with van der Waals surface area (Å²) in [5.74, 6) is -2.50. The van der Waals surface area contributed by atoms with Crippen LogP contribution < -0.4 is 16.2 Å². The van der Waals surface area contributed by atoms with Crippen LogP contribution in [0.2, 0.25) is 0 Å². The van der Waals surface area contributed by atoms with E-state index in [2.05, 4.69) is 9.97 Å². The minimum atomic E-state index is -4.92. The van der Waals surface area contributed by atoms with E-state index >= 15 is 0 Å². The van der Waals surface area contributed by atoms with Crippen LogP contribution in [0.3, 0.4) is 0 Å². The maximum Gasteiger partial charge on any atom is 0.429 e. The molecule has 0 fully saturated rings. The number of rotatable bonds is 8. The first kappa shape index (κ1) is 26.4. The third-order valence-corrected chi connectivity index (χ3v) is 5.71. The number of phenols is 1. The van der Waals surface area contributed by atoms with Crippen LogP contribution in [-0.4, -0.2) is 38.4 Å². The van der Waals surface area contributed by atoms with E-state index in [1.165, 1.54) is 18.2 Å². The van der Waals surface area contributed by atoms with Crippen molar-refractivity contribution in [3.63, 3.8) is 0 Å². The molecule has 0 radical (unpaired) electrons. The lowest BCUT2D eigenvalue weighted by molar-refractivity contribution is -0.198. The van der Waals surface area contributed by atoms with Crippen molar-refractivity contribution in [2.45, 2.75) is 24.7 Å². The second-order valence-corrected chi connectivity index (χ2v) is 8.44. The molecule has 2 atom stereocenters. The molecule has 3 aromatic carbocycles. The van der Waals surface area contributed by atoms with Gasteiger partial charge in [-0.3, -0.25) is 4.79 Å². The number of phenolic OH excluding ortho intramolecular Hbond substituents is 1. The first-order valence-electron chi connectivity index (χ1n) is 11.4. The van der Waals surface area contributed by atoms with E-state index in [0.717, 1.165) is 6.07 Å². The summed E-state index contributed by atoms with van der Waals surface area (Å²) >= 11 is 0. The summed E-state index contributed by atoms with van der Waals surface area (Å²) < 4.78 is 48.4. The fourth-order valence-corrected chi connectivity index (χ4v) is 3.91. The number of hydrogen-bond acceptors (Lipinski definition) is 7. The summed E-state index contributed by atoms with van der Waals surface area (Å²) in [6.45, 7) is 0. The molecule has 0 aliphatic carbocycles. The van der Waals surface area contributed by atoms with Gasteiger partial charge in [-0.05, 0) is 29.2 Å². The van der Waals surface area contributed by atoms with Gasteiger partial charge in [-0.1, -0.05) is 66.7 Å². The van der Waals surface area contributed by atoms with E-state index in [9.17, 15) is 23.1 Å². The van der Waals surface area contributed by atoms with Gasteiger partial charge in [0.15, 0.2) is 0 Å². The molecular weight excluding hydrogens is 501 g/mol. The number of aliphatic carboxylic acids is 1. The Labute approximate surface area is 215 Å². The molecule has 0 saturated heterocycles. The Balaban J connectivity index is 1.70. The molecule has 38 heavy (non-hydrogen) atoms. The van der Waals surface area contributed by atoms with Crippen molar-refractivity contribution >= 4 is 11.9 Å². The molecule has 8 nitrogen and oxygen atoms in total. The summed E-state index contributed by atoms with van der Waals surface area (Å²) in [4.78, 5) is 18.9. The highest BCUT2D eigenvalue weighted by atomic mass is 19.4. The number of carboxylic acid groups (broad SMARTS) is 1. The maximum atomic E-state index is 14.3. The summed E-state index contributed by atoms with van der Waals surface area (Å²) in [6, 6.07) is 19.0. The Kier molecular flexibility index (Phi) is 7.49. The highest BCUT2D eigenvalue weighted by Crippen LogP contribution is 2.44. The van der Waals surface area contributed by atoms with Crippen molar-refractivity contribution in [1.29, 1.82) is 0 Å². The van der Waals surface area contributed by atoms with Gasteiger partial charge in [-0.25, -0.2) is 4.98 Å². The Morgan fingerprint density at radius 1 is 0.947 bits per heavy atom. The highest BCUT2D eigenvalue weighted by Gasteiger charge is 2.46. The Bertz CT molecular complexity index is 1430. The number of carboxylic acids is 1. The minimum Gasteiger partial charge on any atom is -0.507 e. The molecule has 4 rings (SSSR count). The van der Waals surface area contributed by atoms with Gasteiger partial charge >= 0.3 is 12.1 Å². The summed E-state index contributed by atoms with van der Waals surface area (Å²) in [6.07, 6.45) is -7.40. The SMILES string of the molecule is Nc1nc(OC(c2c(O)cccc2-c2ccccc2)C(F)(F)F)cc(-c2ccc(C[C@H](N)C(=O)O)cc2)n1. The minimum absolute atomic E-state index is 0.0907. The zero-order valence-electron chi connectivity index (χ0n) is 19.8. The first-order chi connectivity index (χ1) is 18.0. The molecule has 1 unspecified atom stereocenters. The Hall–Kier alpha value is -4.64. The van der Waals surface area contributed by atoms with E-state index in [1.54, 1.807) is 54.6 Å². The number of aromatic nitrogens is 2. The lowest BCUT2D eigenvalue weighted by Crippen LogP contribution is -2.32. The van der Waals surface area contributed by atoms with Crippen molar-refractivity contribution in [2.75, 3.05) is 5.73 Å². The van der Waals surface area contributed by atoms with Crippen LogP contribution in [-0.2, 0) is 11.2 Å². The van der Waals surface area contributed by atoms with Gasteiger partial charge in [0.05, 0.1) is 11.3 Å². The maximum absolute atomic E-state index is 14.3. The Morgan fingerprint density at radius 3 is 2.26 bits per heavy atom. The lowest BCUT2D eigenvalue weighted by atomic mass is 9.95. The number of aromatic hydroxyl groups is 1. The normalized spacial score (nSPS) is 13.1. The second-order valence-electron chi connectivity index (χ2n) is 8.44. The average molecular weight is 524 g/mol. The number of ether oxygens (including phenoxy) is 1. The van der Waals surface area contributed by atoms with Gasteiger partial charge in [0.1, 0.15) is 11.8 Å². The molecule has 4 aromatic rings. The van der Waals surface area contributed by atoms with Crippen LogP contribution in [0.1, 0.15) is 17.2 Å². The standard InChI is InChI=1S/C27H23F3N4O4/c28-27(29,30)24(23-18(7-4-8-21(23)35)16-5-2-1-3-6-16)38-22-14-20(33-26(32)34-22)17-11-9-15(10-12-17)13-19(31)25(36)37/h1-12,14,19,24,35H,13,31H2,(H,36,37)(H2,32,33,34)/t19-,24?/m0/s1. The summed E-state index contributed by atoms with van der Waals surface area (Å²) in [5, 5.41) is 19.5. The number of carbonyl (C=O) groups is 1. The van der Waals surface area contributed by atoms with Crippen molar-refractivity contribution in [3.05, 3.63) is 90.0 Å². The average Bonchev–Trinajstić information content (AvgIpc) is 2.87. The fourth-order valence-electron chi connectivity index (χ4n) is 3.91. The number of anilines is 1. The third-order valence-electron chi connectivity index (χ3n) is 5.71. The highest BCUT2D eigenvalue weighted by molar-refractivity contribution is 5.73. The van der Waals surface area contributed by atoms with Gasteiger partial charge in [0.2, 0.25) is 17.9 Å². The number of nitrogens with zero attached hydrogens (tertiary/aromatic N) is 2. The van der Waals surface area contributed by atoms with Gasteiger partial charge in [0.25, 0.3) is 0 Å². The smallest absolute Gasteiger partial charge is 0.429 e. The van der Waals surface area contributed by atoms with Crippen LogP contribution >= 0.6 is 0 Å². The molecule has 0 aliphatic rings. The van der Waals surface area contributed by atoms with E-state index < -0.39 is 41.5 Å². The summed E-state index contributed by atoms with van der Waals surface area (Å²) in [7, 11) is 0. The van der Waals surface area contributed by atoms with Gasteiger partial charge in [-0.15, -0.1) is 0 Å². The van der Waals surface area contributed by atoms with Crippen molar-refractivity contribution in [2.24, 2.45) is 5.73 Å². The van der Waals surface area contributed by atoms with Crippen LogP contribution in [0.15, 0.2) is 78.9 Å². The number of alkyl halides is 3. The zero-order valence-corrected chi connectivity index (χ0v) is 19.8. The van der Waals surface area contributed by atoms with Crippen LogP contribution in [0, 0.1) is 0 Å². The van der Waals surface area contributed by atoms with Crippen LogP contribution in [0.25, 0.3) is 22.4 Å². The quantitative estimate of drug-likeness (QED) is 0.259. The van der Waals surface area contributed by atoms with Gasteiger partial charge in [-0.2, -0.15) is 18.2 Å². The van der Waals surface area contributed by atoms with Crippen molar-refractivity contribution < 1.29 is 32.9 Å². The Morgan fingerprint density at radius 2 is 1.63 bits per heavy atom. The van der Waals surface area contributed by atoms with Crippen molar-refractivity contribution in [1.82, 2.24) is 9.97 Å². The van der Waals surface area contributed by atoms with Crippen LogP contribution in [0.5, 0.6) is 11.6 Å². The predicted octanol–water partition coefficient (Wildman–Crippen LogP) is 4.74. The number of nitrogens with two attached hydrogens (primary N) is 2. The molecule has 196 valence electrons. The number of halogens is 3. The lowest BCUT2D eigenvalue weighted by Gasteiger charge is -2.25. The fraction of sp³-hybridized carbons (Fsp3) is 0.148. The molecule has 0 bridgehead atoms. The monoisotopic (exact) mass is 524 g/mol. The molecule has 11 heteroatoms. The second kappa shape index (κ2) is 10.8.